The van der Waals surface area contributed by atoms with Crippen LogP contribution in [0.1, 0.15) is 44.1 Å². The number of H-pyrrole nitrogens is 1. The first-order chi connectivity index (χ1) is 14.0. The molecule has 6 nitrogen and oxygen atoms in total. The van der Waals surface area contributed by atoms with Gasteiger partial charge in [-0.25, -0.2) is 4.98 Å². The van der Waals surface area contributed by atoms with E-state index in [-0.39, 0.29) is 18.0 Å². The summed E-state index contributed by atoms with van der Waals surface area (Å²) in [6, 6.07) is 10.9. The van der Waals surface area contributed by atoms with E-state index < -0.39 is 0 Å². The van der Waals surface area contributed by atoms with Gasteiger partial charge in [-0.05, 0) is 40.2 Å². The van der Waals surface area contributed by atoms with Crippen molar-refractivity contribution in [2.45, 2.75) is 51.7 Å². The van der Waals surface area contributed by atoms with Crippen molar-refractivity contribution in [2.24, 2.45) is 0 Å². The third kappa shape index (κ3) is 4.11. The number of nitrogens with one attached hydrogen (secondary N) is 2. The molecular formula is C22H27N5OS. The number of thiazole rings is 1. The van der Waals surface area contributed by atoms with Gasteiger partial charge in [0.25, 0.3) is 5.91 Å². The highest BCUT2D eigenvalue weighted by Crippen LogP contribution is 2.32. The molecule has 2 atom stereocenters. The number of hydrogen-bond acceptors (Lipinski definition) is 5. The first-order valence-corrected chi connectivity index (χ1v) is 11.0. The second kappa shape index (κ2) is 8.47. The van der Waals surface area contributed by atoms with Crippen LogP contribution in [0, 0.1) is 0 Å². The molecule has 152 valence electrons. The molecule has 1 saturated heterocycles. The summed E-state index contributed by atoms with van der Waals surface area (Å²) in [5.41, 5.74) is 3.42. The summed E-state index contributed by atoms with van der Waals surface area (Å²) in [7, 11) is 0. The zero-order chi connectivity index (χ0) is 20.4. The lowest BCUT2D eigenvalue weighted by Crippen LogP contribution is -2.51. The van der Waals surface area contributed by atoms with Gasteiger partial charge in [-0.1, -0.05) is 30.3 Å². The van der Waals surface area contributed by atoms with E-state index in [1.807, 2.05) is 40.6 Å². The maximum absolute atomic E-state index is 13.4. The first-order valence-electron chi connectivity index (χ1n) is 10.2. The molecule has 4 rings (SSSR count). The fourth-order valence-electron chi connectivity index (χ4n) is 4.08. The highest BCUT2D eigenvalue weighted by atomic mass is 32.1. The largest absolute Gasteiger partial charge is 0.332 e. The molecule has 1 aliphatic rings. The van der Waals surface area contributed by atoms with Gasteiger partial charge in [0.05, 0.1) is 17.5 Å². The van der Waals surface area contributed by atoms with Crippen molar-refractivity contribution in [2.75, 3.05) is 6.54 Å². The van der Waals surface area contributed by atoms with E-state index >= 15 is 0 Å². The Morgan fingerprint density at radius 3 is 2.79 bits per heavy atom. The van der Waals surface area contributed by atoms with Crippen molar-refractivity contribution < 1.29 is 4.79 Å². The smallest absolute Gasteiger partial charge is 0.273 e. The van der Waals surface area contributed by atoms with Crippen LogP contribution >= 0.6 is 11.3 Å². The van der Waals surface area contributed by atoms with E-state index in [0.717, 1.165) is 41.2 Å². The lowest BCUT2D eigenvalue weighted by molar-refractivity contribution is 0.0539. The van der Waals surface area contributed by atoms with Gasteiger partial charge in [-0.3, -0.25) is 9.89 Å². The number of amides is 1. The second-order valence-electron chi connectivity index (χ2n) is 7.90. The van der Waals surface area contributed by atoms with Crippen molar-refractivity contribution in [3.05, 3.63) is 47.6 Å². The lowest BCUT2D eigenvalue weighted by atomic mass is 9.97. The zero-order valence-corrected chi connectivity index (χ0v) is 17.9. The predicted octanol–water partition coefficient (Wildman–Crippen LogP) is 4.19. The molecule has 0 saturated carbocycles. The molecule has 2 unspecified atom stereocenters. The number of piperidine rings is 1. The van der Waals surface area contributed by atoms with Crippen LogP contribution < -0.4 is 5.32 Å². The fourth-order valence-corrected chi connectivity index (χ4v) is 4.89. The van der Waals surface area contributed by atoms with Gasteiger partial charge in [0.2, 0.25) is 0 Å². The molecule has 29 heavy (non-hydrogen) atoms. The second-order valence-corrected chi connectivity index (χ2v) is 8.76. The number of nitrogens with zero attached hydrogens (tertiary/aromatic N) is 3. The topological polar surface area (TPSA) is 73.9 Å². The molecule has 0 spiro atoms. The Balaban J connectivity index is 1.60. The molecule has 3 aromatic rings. The Morgan fingerprint density at radius 2 is 2.07 bits per heavy atom. The monoisotopic (exact) mass is 409 g/mol. The molecule has 1 aliphatic heterocycles. The minimum absolute atomic E-state index is 0.0198. The highest BCUT2D eigenvalue weighted by Gasteiger charge is 2.31. The van der Waals surface area contributed by atoms with Crippen molar-refractivity contribution in [1.82, 2.24) is 25.4 Å². The van der Waals surface area contributed by atoms with Crippen molar-refractivity contribution in [1.29, 1.82) is 0 Å². The van der Waals surface area contributed by atoms with Gasteiger partial charge in [0.15, 0.2) is 0 Å². The Morgan fingerprint density at radius 1 is 1.28 bits per heavy atom. The van der Waals surface area contributed by atoms with E-state index in [4.69, 9.17) is 4.98 Å². The SMILES string of the molecule is CC1CC(N(C(=O)c2csc(-c3cn[nH]c3-c3ccccc3)n2)C(C)C)CCN1. The number of benzene rings is 1. The van der Waals surface area contributed by atoms with Crippen LogP contribution in [0.5, 0.6) is 0 Å². The average molecular weight is 410 g/mol. The summed E-state index contributed by atoms with van der Waals surface area (Å²) in [5, 5.41) is 13.4. The van der Waals surface area contributed by atoms with E-state index in [2.05, 4.69) is 36.3 Å². The predicted molar refractivity (Wildman–Crippen MR) is 117 cm³/mol. The molecular weight excluding hydrogens is 382 g/mol. The number of carbonyl (C=O) groups is 1. The van der Waals surface area contributed by atoms with Crippen LogP contribution in [0.15, 0.2) is 41.9 Å². The first kappa shape index (κ1) is 19.8. The normalized spacial score (nSPS) is 19.4. The third-order valence-electron chi connectivity index (χ3n) is 5.44. The Kier molecular flexibility index (Phi) is 5.78. The fraction of sp³-hybridized carbons (Fsp3) is 0.409. The molecule has 2 aromatic heterocycles. The minimum Gasteiger partial charge on any atom is -0.332 e. The average Bonchev–Trinajstić information content (AvgIpc) is 3.38. The standard InChI is InChI=1S/C22H27N5OS/c1-14(2)27(17-9-10-23-15(3)11-17)22(28)19-13-29-21(25-19)18-12-24-26-20(18)16-7-5-4-6-8-16/h4-8,12-15,17,23H,9-11H2,1-3H3,(H,24,26). The van der Waals surface area contributed by atoms with E-state index in [0.29, 0.717) is 11.7 Å². The molecule has 2 N–H and O–H groups in total. The van der Waals surface area contributed by atoms with Gasteiger partial charge in [0, 0.05) is 29.1 Å². The molecule has 1 fully saturated rings. The van der Waals surface area contributed by atoms with Crippen LogP contribution in [0.25, 0.3) is 21.8 Å². The van der Waals surface area contributed by atoms with Gasteiger partial charge in [0.1, 0.15) is 10.7 Å². The van der Waals surface area contributed by atoms with Gasteiger partial charge in [-0.15, -0.1) is 11.3 Å². The summed E-state index contributed by atoms with van der Waals surface area (Å²) in [4.78, 5) is 20.1. The minimum atomic E-state index is 0.0198. The van der Waals surface area contributed by atoms with Crippen molar-refractivity contribution in [3.8, 4) is 21.8 Å². The summed E-state index contributed by atoms with van der Waals surface area (Å²) in [5.74, 6) is 0.0198. The Hall–Kier alpha value is -2.51. The molecule has 1 aromatic carbocycles. The third-order valence-corrected chi connectivity index (χ3v) is 6.31. The number of aromatic nitrogens is 3. The maximum atomic E-state index is 13.4. The van der Waals surface area contributed by atoms with E-state index in [9.17, 15) is 4.79 Å². The quantitative estimate of drug-likeness (QED) is 0.663. The molecule has 7 heteroatoms. The van der Waals surface area contributed by atoms with Crippen LogP contribution in [0.2, 0.25) is 0 Å². The van der Waals surface area contributed by atoms with Gasteiger partial charge < -0.3 is 10.2 Å². The molecule has 1 amide bonds. The van der Waals surface area contributed by atoms with Gasteiger partial charge in [-0.2, -0.15) is 5.10 Å². The highest BCUT2D eigenvalue weighted by molar-refractivity contribution is 7.13. The number of rotatable bonds is 5. The van der Waals surface area contributed by atoms with E-state index in [1.54, 1.807) is 6.20 Å². The van der Waals surface area contributed by atoms with Crippen LogP contribution in [-0.2, 0) is 0 Å². The summed E-state index contributed by atoms with van der Waals surface area (Å²) in [6.07, 6.45) is 3.73. The van der Waals surface area contributed by atoms with Crippen LogP contribution in [0.4, 0.5) is 0 Å². The molecule has 0 aliphatic carbocycles. The lowest BCUT2D eigenvalue weighted by Gasteiger charge is -2.39. The Bertz CT molecular complexity index is 965. The number of carbonyl (C=O) groups excluding carboxylic acids is 1. The number of aromatic amines is 1. The van der Waals surface area contributed by atoms with Crippen LogP contribution in [0.3, 0.4) is 0 Å². The number of hydrogen-bond donors (Lipinski definition) is 2. The van der Waals surface area contributed by atoms with Crippen molar-refractivity contribution in [3.63, 3.8) is 0 Å². The van der Waals surface area contributed by atoms with Crippen LogP contribution in [-0.4, -0.2) is 50.7 Å². The Labute approximate surface area is 175 Å². The maximum Gasteiger partial charge on any atom is 0.273 e. The summed E-state index contributed by atoms with van der Waals surface area (Å²) in [6.45, 7) is 7.29. The van der Waals surface area contributed by atoms with E-state index in [1.165, 1.54) is 11.3 Å². The molecule has 0 radical (unpaired) electrons. The zero-order valence-electron chi connectivity index (χ0n) is 17.1. The van der Waals surface area contributed by atoms with Gasteiger partial charge >= 0.3 is 0 Å². The summed E-state index contributed by atoms with van der Waals surface area (Å²) >= 11 is 1.49. The summed E-state index contributed by atoms with van der Waals surface area (Å²) < 4.78 is 0. The van der Waals surface area contributed by atoms with Crippen molar-refractivity contribution >= 4 is 17.2 Å². The molecule has 0 bridgehead atoms. The molecule has 3 heterocycles.